The van der Waals surface area contributed by atoms with Crippen molar-refractivity contribution in [3.63, 3.8) is 0 Å². The second-order valence-corrected chi connectivity index (χ2v) is 4.35. The highest BCUT2D eigenvalue weighted by Crippen LogP contribution is 2.12. The second-order valence-electron chi connectivity index (χ2n) is 4.35. The van der Waals surface area contributed by atoms with Gasteiger partial charge in [0, 0.05) is 25.5 Å². The van der Waals surface area contributed by atoms with E-state index in [0.717, 1.165) is 11.4 Å². The second kappa shape index (κ2) is 6.36. The molecule has 0 aliphatic carbocycles. The number of aliphatic hydroxyl groups is 1. The molecular weight excluding hydrogens is 245 g/mol. The summed E-state index contributed by atoms with van der Waals surface area (Å²) in [6.07, 6.45) is 2.74. The summed E-state index contributed by atoms with van der Waals surface area (Å²) in [5, 5.41) is 13.0. The number of aliphatic hydroxyl groups excluding tert-OH is 1. The first-order valence-electron chi connectivity index (χ1n) is 6.07. The molecule has 0 saturated carbocycles. The lowest BCUT2D eigenvalue weighted by Gasteiger charge is -2.12. The number of aryl methyl sites for hydroxylation is 1. The van der Waals surface area contributed by atoms with Crippen molar-refractivity contribution in [3.05, 3.63) is 59.4 Å². The first kappa shape index (κ1) is 13.6. The van der Waals surface area contributed by atoms with Crippen molar-refractivity contribution >= 4 is 0 Å². The van der Waals surface area contributed by atoms with Gasteiger partial charge in [-0.1, -0.05) is 12.1 Å². The number of aromatic nitrogens is 2. The van der Waals surface area contributed by atoms with E-state index in [2.05, 4.69) is 15.3 Å². The quantitative estimate of drug-likeness (QED) is 0.861. The third-order valence-electron chi connectivity index (χ3n) is 2.73. The Labute approximate surface area is 111 Å². The van der Waals surface area contributed by atoms with Gasteiger partial charge in [-0.3, -0.25) is 9.97 Å². The monoisotopic (exact) mass is 261 g/mol. The fourth-order valence-corrected chi connectivity index (χ4v) is 1.65. The molecule has 5 heteroatoms. The topological polar surface area (TPSA) is 58.0 Å². The Balaban J connectivity index is 1.82. The summed E-state index contributed by atoms with van der Waals surface area (Å²) in [7, 11) is 0. The van der Waals surface area contributed by atoms with E-state index in [1.54, 1.807) is 24.5 Å². The standard InChI is InChI=1S/C14H16FN3O/c1-10-6-18-13(8-17-10)7-16-9-14(19)11-2-4-12(15)5-3-11/h2-6,8,14,16,19H,7,9H2,1H3. The first-order chi connectivity index (χ1) is 9.15. The van der Waals surface area contributed by atoms with Crippen LogP contribution < -0.4 is 5.32 Å². The lowest BCUT2D eigenvalue weighted by Crippen LogP contribution is -2.21. The lowest BCUT2D eigenvalue weighted by molar-refractivity contribution is 0.174. The zero-order valence-electron chi connectivity index (χ0n) is 10.7. The molecule has 1 atom stereocenters. The fraction of sp³-hybridized carbons (Fsp3) is 0.286. The van der Waals surface area contributed by atoms with Gasteiger partial charge in [0.15, 0.2) is 0 Å². The largest absolute Gasteiger partial charge is 0.387 e. The summed E-state index contributed by atoms with van der Waals surface area (Å²) in [6, 6.07) is 5.83. The van der Waals surface area contributed by atoms with Crippen molar-refractivity contribution in [1.82, 2.24) is 15.3 Å². The predicted molar refractivity (Wildman–Crippen MR) is 69.8 cm³/mol. The number of hydrogen-bond donors (Lipinski definition) is 2. The van der Waals surface area contributed by atoms with Gasteiger partial charge in [0.1, 0.15) is 5.82 Å². The summed E-state index contributed by atoms with van der Waals surface area (Å²) in [5.41, 5.74) is 2.37. The van der Waals surface area contributed by atoms with E-state index >= 15 is 0 Å². The third-order valence-corrected chi connectivity index (χ3v) is 2.73. The maximum atomic E-state index is 12.7. The zero-order valence-corrected chi connectivity index (χ0v) is 10.7. The Morgan fingerprint density at radius 3 is 2.58 bits per heavy atom. The summed E-state index contributed by atoms with van der Waals surface area (Å²) in [6.45, 7) is 2.79. The fourth-order valence-electron chi connectivity index (χ4n) is 1.65. The minimum absolute atomic E-state index is 0.307. The van der Waals surface area contributed by atoms with Crippen LogP contribution in [0, 0.1) is 12.7 Å². The molecule has 1 aromatic heterocycles. The molecule has 0 fully saturated rings. The molecular formula is C14H16FN3O. The molecule has 0 aliphatic heterocycles. The van der Waals surface area contributed by atoms with E-state index in [1.165, 1.54) is 12.1 Å². The van der Waals surface area contributed by atoms with E-state index in [9.17, 15) is 9.50 Å². The zero-order chi connectivity index (χ0) is 13.7. The molecule has 2 N–H and O–H groups in total. The van der Waals surface area contributed by atoms with Gasteiger partial charge >= 0.3 is 0 Å². The van der Waals surface area contributed by atoms with Crippen molar-refractivity contribution in [3.8, 4) is 0 Å². The predicted octanol–water partition coefficient (Wildman–Crippen LogP) is 1.75. The number of hydrogen-bond acceptors (Lipinski definition) is 4. The van der Waals surface area contributed by atoms with Gasteiger partial charge in [0.25, 0.3) is 0 Å². The van der Waals surface area contributed by atoms with Crippen molar-refractivity contribution < 1.29 is 9.50 Å². The minimum atomic E-state index is -0.668. The molecule has 4 nitrogen and oxygen atoms in total. The van der Waals surface area contributed by atoms with Crippen LogP contribution in [0.25, 0.3) is 0 Å². The average Bonchev–Trinajstić information content (AvgIpc) is 2.41. The van der Waals surface area contributed by atoms with Crippen LogP contribution in [-0.2, 0) is 6.54 Å². The Morgan fingerprint density at radius 2 is 1.95 bits per heavy atom. The minimum Gasteiger partial charge on any atom is -0.387 e. The van der Waals surface area contributed by atoms with Crippen LogP contribution in [0.5, 0.6) is 0 Å². The molecule has 2 rings (SSSR count). The lowest BCUT2D eigenvalue weighted by atomic mass is 10.1. The Bertz CT molecular complexity index is 513. The summed E-state index contributed by atoms with van der Waals surface area (Å²) >= 11 is 0. The number of benzene rings is 1. The van der Waals surface area contributed by atoms with E-state index < -0.39 is 6.10 Å². The van der Waals surface area contributed by atoms with Crippen LogP contribution in [0.4, 0.5) is 4.39 Å². The van der Waals surface area contributed by atoms with Gasteiger partial charge in [-0.25, -0.2) is 4.39 Å². The van der Waals surface area contributed by atoms with E-state index in [1.807, 2.05) is 6.92 Å². The summed E-state index contributed by atoms with van der Waals surface area (Å²) in [5.74, 6) is -0.307. The molecule has 0 spiro atoms. The number of nitrogens with zero attached hydrogens (tertiary/aromatic N) is 2. The molecule has 2 aromatic rings. The SMILES string of the molecule is Cc1cnc(CNCC(O)c2ccc(F)cc2)cn1. The molecule has 1 unspecified atom stereocenters. The Morgan fingerprint density at radius 1 is 1.21 bits per heavy atom. The molecule has 0 bridgehead atoms. The molecule has 0 aliphatic rings. The molecule has 0 radical (unpaired) electrons. The van der Waals surface area contributed by atoms with Gasteiger partial charge in [-0.15, -0.1) is 0 Å². The molecule has 1 aromatic carbocycles. The van der Waals surface area contributed by atoms with Crippen LogP contribution in [0.2, 0.25) is 0 Å². The van der Waals surface area contributed by atoms with Crippen LogP contribution in [-0.4, -0.2) is 21.6 Å². The van der Waals surface area contributed by atoms with Crippen LogP contribution in [0.1, 0.15) is 23.1 Å². The molecule has 0 amide bonds. The van der Waals surface area contributed by atoms with Crippen LogP contribution in [0.3, 0.4) is 0 Å². The third kappa shape index (κ3) is 4.08. The highest BCUT2D eigenvalue weighted by Gasteiger charge is 2.07. The van der Waals surface area contributed by atoms with Crippen molar-refractivity contribution in [2.24, 2.45) is 0 Å². The summed E-state index contributed by atoms with van der Waals surface area (Å²) < 4.78 is 12.7. The molecule has 1 heterocycles. The average molecular weight is 261 g/mol. The van der Waals surface area contributed by atoms with E-state index in [-0.39, 0.29) is 5.82 Å². The van der Waals surface area contributed by atoms with E-state index in [4.69, 9.17) is 0 Å². The van der Waals surface area contributed by atoms with Gasteiger partial charge in [0.2, 0.25) is 0 Å². The highest BCUT2D eigenvalue weighted by molar-refractivity contribution is 5.18. The number of rotatable bonds is 5. The Hall–Kier alpha value is -1.85. The first-order valence-corrected chi connectivity index (χ1v) is 6.07. The van der Waals surface area contributed by atoms with Gasteiger partial charge in [-0.05, 0) is 24.6 Å². The molecule has 0 saturated heterocycles. The van der Waals surface area contributed by atoms with Gasteiger partial charge < -0.3 is 10.4 Å². The number of nitrogens with one attached hydrogen (secondary N) is 1. The highest BCUT2D eigenvalue weighted by atomic mass is 19.1. The summed E-state index contributed by atoms with van der Waals surface area (Å²) in [4.78, 5) is 8.34. The van der Waals surface area contributed by atoms with Gasteiger partial charge in [-0.2, -0.15) is 0 Å². The van der Waals surface area contributed by atoms with E-state index in [0.29, 0.717) is 18.7 Å². The normalized spacial score (nSPS) is 12.4. The molecule has 100 valence electrons. The maximum Gasteiger partial charge on any atom is 0.123 e. The number of halogens is 1. The maximum absolute atomic E-state index is 12.7. The van der Waals surface area contributed by atoms with Crippen LogP contribution in [0.15, 0.2) is 36.7 Å². The van der Waals surface area contributed by atoms with Crippen molar-refractivity contribution in [1.29, 1.82) is 0 Å². The van der Waals surface area contributed by atoms with Crippen molar-refractivity contribution in [2.45, 2.75) is 19.6 Å². The smallest absolute Gasteiger partial charge is 0.123 e. The van der Waals surface area contributed by atoms with Gasteiger partial charge in [0.05, 0.1) is 17.5 Å². The van der Waals surface area contributed by atoms with Crippen molar-refractivity contribution in [2.75, 3.05) is 6.54 Å². The Kier molecular flexibility index (Phi) is 4.54. The molecule has 19 heavy (non-hydrogen) atoms. The van der Waals surface area contributed by atoms with Crippen LogP contribution >= 0.6 is 0 Å².